The Morgan fingerprint density at radius 3 is 2.75 bits per heavy atom. The van der Waals surface area contributed by atoms with Crippen molar-refractivity contribution in [2.24, 2.45) is 29.6 Å². The lowest BCUT2D eigenvalue weighted by Gasteiger charge is -2.30. The maximum absolute atomic E-state index is 5.58. The van der Waals surface area contributed by atoms with Crippen molar-refractivity contribution in [1.82, 2.24) is 0 Å². The van der Waals surface area contributed by atoms with Crippen molar-refractivity contribution in [3.63, 3.8) is 0 Å². The molecule has 2 fully saturated rings. The van der Waals surface area contributed by atoms with Crippen molar-refractivity contribution in [2.75, 3.05) is 0 Å². The van der Waals surface area contributed by atoms with E-state index in [4.69, 9.17) is 6.42 Å². The van der Waals surface area contributed by atoms with Gasteiger partial charge in [0.15, 0.2) is 0 Å². The molecule has 0 nitrogen and oxygen atoms in total. The van der Waals surface area contributed by atoms with Crippen molar-refractivity contribution in [3.05, 3.63) is 0 Å². The van der Waals surface area contributed by atoms with E-state index in [9.17, 15) is 0 Å². The van der Waals surface area contributed by atoms with Crippen LogP contribution < -0.4 is 0 Å². The standard InChI is InChI=1S/C12H18/c1-4-10-9-6-8(3)12(7-9)11(10)5-2/h1,8-12H,5-7H2,2-3H3. The van der Waals surface area contributed by atoms with Crippen LogP contribution in [-0.2, 0) is 0 Å². The second-order valence-electron chi connectivity index (χ2n) is 4.64. The molecule has 0 radical (unpaired) electrons. The lowest BCUT2D eigenvalue weighted by atomic mass is 9.74. The first kappa shape index (κ1) is 8.17. The Kier molecular flexibility index (Phi) is 1.91. The molecule has 0 spiro atoms. The largest absolute Gasteiger partial charge is 0.120 e. The minimum atomic E-state index is 0.621. The highest BCUT2D eigenvalue weighted by molar-refractivity contribution is 5.10. The third-order valence-electron chi connectivity index (χ3n) is 4.16. The molecule has 5 unspecified atom stereocenters. The molecule has 0 aromatic carbocycles. The van der Waals surface area contributed by atoms with Crippen LogP contribution in [0.2, 0.25) is 0 Å². The SMILES string of the molecule is C#CC1C2CC(C)C(C2)C1CC. The topological polar surface area (TPSA) is 0 Å². The number of hydrogen-bond donors (Lipinski definition) is 0. The van der Waals surface area contributed by atoms with Crippen molar-refractivity contribution < 1.29 is 0 Å². The Balaban J connectivity index is 2.18. The summed E-state index contributed by atoms with van der Waals surface area (Å²) >= 11 is 0. The molecule has 0 amide bonds. The van der Waals surface area contributed by atoms with Crippen LogP contribution in [-0.4, -0.2) is 0 Å². The molecule has 2 bridgehead atoms. The van der Waals surface area contributed by atoms with Gasteiger partial charge in [-0.05, 0) is 36.5 Å². The molecule has 0 aromatic heterocycles. The molecule has 0 heteroatoms. The van der Waals surface area contributed by atoms with Gasteiger partial charge in [0.25, 0.3) is 0 Å². The second kappa shape index (κ2) is 2.80. The van der Waals surface area contributed by atoms with Crippen molar-refractivity contribution in [1.29, 1.82) is 0 Å². The zero-order chi connectivity index (χ0) is 8.72. The van der Waals surface area contributed by atoms with E-state index >= 15 is 0 Å². The molecular formula is C12H18. The van der Waals surface area contributed by atoms with Gasteiger partial charge in [0.2, 0.25) is 0 Å². The van der Waals surface area contributed by atoms with Gasteiger partial charge in [0.05, 0.1) is 0 Å². The second-order valence-corrected chi connectivity index (χ2v) is 4.64. The summed E-state index contributed by atoms with van der Waals surface area (Å²) in [6, 6.07) is 0. The van der Waals surface area contributed by atoms with E-state index in [1.807, 2.05) is 0 Å². The molecule has 66 valence electrons. The Bertz CT molecular complexity index is 211. The van der Waals surface area contributed by atoms with Crippen LogP contribution in [0.4, 0.5) is 0 Å². The number of rotatable bonds is 1. The molecule has 12 heavy (non-hydrogen) atoms. The van der Waals surface area contributed by atoms with E-state index < -0.39 is 0 Å². The quantitative estimate of drug-likeness (QED) is 0.520. The highest BCUT2D eigenvalue weighted by Gasteiger charge is 2.49. The lowest BCUT2D eigenvalue weighted by molar-refractivity contribution is 0.205. The average Bonchev–Trinajstić information content (AvgIpc) is 2.58. The van der Waals surface area contributed by atoms with Gasteiger partial charge < -0.3 is 0 Å². The van der Waals surface area contributed by atoms with E-state index in [1.165, 1.54) is 19.3 Å². The summed E-state index contributed by atoms with van der Waals surface area (Å²) in [5.41, 5.74) is 0. The fraction of sp³-hybridized carbons (Fsp3) is 0.833. The first-order valence-electron chi connectivity index (χ1n) is 5.24. The Morgan fingerprint density at radius 2 is 2.17 bits per heavy atom. The predicted molar refractivity (Wildman–Crippen MR) is 51.5 cm³/mol. The molecule has 2 saturated carbocycles. The van der Waals surface area contributed by atoms with Crippen LogP contribution in [0.1, 0.15) is 33.1 Å². The van der Waals surface area contributed by atoms with Gasteiger partial charge in [-0.25, -0.2) is 0 Å². The van der Waals surface area contributed by atoms with Crippen LogP contribution in [0, 0.1) is 41.9 Å². The Morgan fingerprint density at radius 1 is 1.42 bits per heavy atom. The van der Waals surface area contributed by atoms with Crippen molar-refractivity contribution in [2.45, 2.75) is 33.1 Å². The fourth-order valence-electron chi connectivity index (χ4n) is 3.65. The van der Waals surface area contributed by atoms with Gasteiger partial charge in [-0.2, -0.15) is 0 Å². The van der Waals surface area contributed by atoms with Gasteiger partial charge in [-0.1, -0.05) is 20.3 Å². The lowest BCUT2D eigenvalue weighted by Crippen LogP contribution is -2.25. The number of hydrogen-bond acceptors (Lipinski definition) is 0. The van der Waals surface area contributed by atoms with Gasteiger partial charge in [-0.15, -0.1) is 12.3 Å². The molecule has 2 aliphatic carbocycles. The highest BCUT2D eigenvalue weighted by atomic mass is 14.5. The summed E-state index contributed by atoms with van der Waals surface area (Å²) < 4.78 is 0. The van der Waals surface area contributed by atoms with Gasteiger partial charge in [-0.3, -0.25) is 0 Å². The number of terminal acetylenes is 1. The summed E-state index contributed by atoms with van der Waals surface area (Å²) in [5, 5.41) is 0. The van der Waals surface area contributed by atoms with Crippen LogP contribution >= 0.6 is 0 Å². The van der Waals surface area contributed by atoms with Gasteiger partial charge >= 0.3 is 0 Å². The Labute approximate surface area is 75.7 Å². The maximum Gasteiger partial charge on any atom is 0.0259 e. The fourth-order valence-corrected chi connectivity index (χ4v) is 3.65. The molecule has 0 N–H and O–H groups in total. The summed E-state index contributed by atoms with van der Waals surface area (Å²) in [6.07, 6.45) is 9.70. The van der Waals surface area contributed by atoms with Crippen molar-refractivity contribution in [3.8, 4) is 12.3 Å². The Hall–Kier alpha value is -0.440. The summed E-state index contributed by atoms with van der Waals surface area (Å²) in [5.74, 6) is 7.27. The van der Waals surface area contributed by atoms with E-state index in [0.717, 1.165) is 23.7 Å². The molecule has 0 saturated heterocycles. The first-order valence-corrected chi connectivity index (χ1v) is 5.24. The van der Waals surface area contributed by atoms with E-state index in [0.29, 0.717) is 5.92 Å². The van der Waals surface area contributed by atoms with Crippen molar-refractivity contribution >= 4 is 0 Å². The maximum atomic E-state index is 5.58. The van der Waals surface area contributed by atoms with Gasteiger partial charge in [0.1, 0.15) is 0 Å². The molecule has 0 heterocycles. The van der Waals surface area contributed by atoms with Crippen LogP contribution in [0.25, 0.3) is 0 Å². The summed E-state index contributed by atoms with van der Waals surface area (Å²) in [4.78, 5) is 0. The minimum Gasteiger partial charge on any atom is -0.120 e. The van der Waals surface area contributed by atoms with E-state index in [2.05, 4.69) is 19.8 Å². The zero-order valence-corrected chi connectivity index (χ0v) is 8.09. The highest BCUT2D eigenvalue weighted by Crippen LogP contribution is 2.55. The average molecular weight is 162 g/mol. The molecule has 2 rings (SSSR count). The molecule has 0 aliphatic heterocycles. The first-order chi connectivity index (χ1) is 5.77. The molecule has 0 aromatic rings. The van der Waals surface area contributed by atoms with E-state index in [-0.39, 0.29) is 0 Å². The summed E-state index contributed by atoms with van der Waals surface area (Å²) in [7, 11) is 0. The zero-order valence-electron chi connectivity index (χ0n) is 8.09. The number of fused-ring (bicyclic) bond motifs is 2. The monoisotopic (exact) mass is 162 g/mol. The van der Waals surface area contributed by atoms with Crippen LogP contribution in [0.3, 0.4) is 0 Å². The minimum absolute atomic E-state index is 0.621. The third-order valence-corrected chi connectivity index (χ3v) is 4.16. The third kappa shape index (κ3) is 0.922. The normalized spacial score (nSPS) is 50.9. The van der Waals surface area contributed by atoms with Crippen LogP contribution in [0.5, 0.6) is 0 Å². The molecular weight excluding hydrogens is 144 g/mol. The van der Waals surface area contributed by atoms with Gasteiger partial charge in [0, 0.05) is 5.92 Å². The molecule has 2 aliphatic rings. The predicted octanol–water partition coefficient (Wildman–Crippen LogP) is 2.94. The molecule has 5 atom stereocenters. The smallest absolute Gasteiger partial charge is 0.0259 e. The summed E-state index contributed by atoms with van der Waals surface area (Å²) in [6.45, 7) is 4.70. The van der Waals surface area contributed by atoms with Crippen LogP contribution in [0.15, 0.2) is 0 Å². The van der Waals surface area contributed by atoms with E-state index in [1.54, 1.807) is 0 Å².